The van der Waals surface area contributed by atoms with E-state index in [0.29, 0.717) is 23.9 Å². The van der Waals surface area contributed by atoms with Crippen molar-refractivity contribution in [1.29, 1.82) is 0 Å². The number of alkyl halides is 2. The Morgan fingerprint density at radius 1 is 1.28 bits per heavy atom. The summed E-state index contributed by atoms with van der Waals surface area (Å²) in [4.78, 5) is 17.6. The van der Waals surface area contributed by atoms with E-state index in [9.17, 15) is 13.6 Å². The highest BCUT2D eigenvalue weighted by Crippen LogP contribution is 2.64. The Morgan fingerprint density at radius 3 is 2.69 bits per heavy atom. The molecule has 1 aromatic carbocycles. The summed E-state index contributed by atoms with van der Waals surface area (Å²) in [6, 6.07) is 4.95. The number of hydrogen-bond acceptors (Lipinski definition) is 4. The minimum absolute atomic E-state index is 0.00377. The number of nitrogens with zero attached hydrogens (tertiary/aromatic N) is 3. The highest BCUT2D eigenvalue weighted by Gasteiger charge is 2.61. The van der Waals surface area contributed by atoms with Crippen LogP contribution in [0, 0.1) is 24.2 Å². The molecule has 1 heterocycles. The van der Waals surface area contributed by atoms with Crippen LogP contribution in [0.25, 0.3) is 0 Å². The topological polar surface area (TPSA) is 69.0 Å². The van der Waals surface area contributed by atoms with Gasteiger partial charge in [0, 0.05) is 0 Å². The van der Waals surface area contributed by atoms with Gasteiger partial charge in [-0.05, 0) is 75.0 Å². The molecule has 6 rings (SSSR count). The molecule has 4 fully saturated rings. The monoisotopic (exact) mass is 402 g/mol. The maximum absolute atomic E-state index is 13.5. The number of aryl methyl sites for hydroxylation is 1. The van der Waals surface area contributed by atoms with Gasteiger partial charge in [0.15, 0.2) is 0 Å². The van der Waals surface area contributed by atoms with Crippen molar-refractivity contribution in [3.8, 4) is 5.75 Å². The van der Waals surface area contributed by atoms with Gasteiger partial charge in [0.2, 0.25) is 5.91 Å². The number of aromatic nitrogens is 3. The third kappa shape index (κ3) is 3.09. The lowest BCUT2D eigenvalue weighted by Crippen LogP contribution is -2.60. The molecule has 4 aliphatic carbocycles. The van der Waals surface area contributed by atoms with Crippen molar-refractivity contribution in [3.05, 3.63) is 36.4 Å². The van der Waals surface area contributed by atoms with Crippen LogP contribution in [0.4, 0.5) is 14.5 Å². The van der Waals surface area contributed by atoms with Crippen LogP contribution < -0.4 is 10.1 Å². The predicted octanol–water partition coefficient (Wildman–Crippen LogP) is 4.12. The number of nitrogens with one attached hydrogen (secondary N) is 1. The molecule has 4 bridgehead atoms. The molecule has 0 aliphatic heterocycles. The number of carbonyl (C=O) groups excluding carboxylic acids is 1. The van der Waals surface area contributed by atoms with E-state index in [0.717, 1.165) is 37.7 Å². The van der Waals surface area contributed by atoms with Crippen LogP contribution >= 0.6 is 0 Å². The van der Waals surface area contributed by atoms with E-state index >= 15 is 0 Å². The molecule has 2 atom stereocenters. The number of benzene rings is 1. The van der Waals surface area contributed by atoms with E-state index in [1.807, 2.05) is 4.68 Å². The summed E-state index contributed by atoms with van der Waals surface area (Å²) in [5, 5.41) is 7.33. The summed E-state index contributed by atoms with van der Waals surface area (Å²) in [6.45, 7) is -1.15. The number of anilines is 1. The van der Waals surface area contributed by atoms with Crippen LogP contribution in [0.1, 0.15) is 44.1 Å². The first-order valence-electron chi connectivity index (χ1n) is 10.1. The average molecular weight is 402 g/mol. The molecule has 29 heavy (non-hydrogen) atoms. The third-order valence-electron chi connectivity index (χ3n) is 7.02. The highest BCUT2D eigenvalue weighted by molar-refractivity contribution is 5.97. The third-order valence-corrected chi connectivity index (χ3v) is 7.02. The number of ether oxygens (including phenoxy) is 1. The van der Waals surface area contributed by atoms with E-state index in [2.05, 4.69) is 20.1 Å². The van der Waals surface area contributed by atoms with Crippen molar-refractivity contribution >= 4 is 11.6 Å². The molecular formula is C21H24F2N4O2. The van der Waals surface area contributed by atoms with Gasteiger partial charge in [0.05, 0.1) is 16.6 Å². The van der Waals surface area contributed by atoms with Crippen molar-refractivity contribution in [2.75, 3.05) is 5.32 Å². The van der Waals surface area contributed by atoms with Gasteiger partial charge in [0.25, 0.3) is 0 Å². The van der Waals surface area contributed by atoms with Crippen molar-refractivity contribution in [2.45, 2.75) is 57.6 Å². The largest absolute Gasteiger partial charge is 0.433 e. The SMILES string of the molecule is Cc1ccc(NC(=O)C23CC4CC(C2)CC(n2cncn2)(C4)C3)c(OC(F)F)c1. The molecular weight excluding hydrogens is 378 g/mol. The highest BCUT2D eigenvalue weighted by atomic mass is 19.3. The molecule has 0 radical (unpaired) electrons. The van der Waals surface area contributed by atoms with Crippen molar-refractivity contribution in [3.63, 3.8) is 0 Å². The van der Waals surface area contributed by atoms with Crippen LogP contribution in [0.3, 0.4) is 0 Å². The second-order valence-electron chi connectivity index (χ2n) is 9.14. The Labute approximate surface area is 167 Å². The van der Waals surface area contributed by atoms with Crippen molar-refractivity contribution < 1.29 is 18.3 Å². The van der Waals surface area contributed by atoms with Gasteiger partial charge in [-0.25, -0.2) is 9.67 Å². The van der Waals surface area contributed by atoms with E-state index in [-0.39, 0.29) is 17.2 Å². The Morgan fingerprint density at radius 2 is 2.03 bits per heavy atom. The zero-order valence-electron chi connectivity index (χ0n) is 16.3. The summed E-state index contributed by atoms with van der Waals surface area (Å²) < 4.78 is 32.3. The minimum Gasteiger partial charge on any atom is -0.433 e. The molecule has 8 heteroatoms. The molecule has 1 N–H and O–H groups in total. The lowest BCUT2D eigenvalue weighted by molar-refractivity contribution is -0.150. The van der Waals surface area contributed by atoms with Gasteiger partial charge in [0.1, 0.15) is 18.4 Å². The van der Waals surface area contributed by atoms with Crippen molar-refractivity contribution in [2.24, 2.45) is 17.3 Å². The first-order chi connectivity index (χ1) is 13.9. The van der Waals surface area contributed by atoms with E-state index in [4.69, 9.17) is 0 Å². The Balaban J connectivity index is 1.45. The van der Waals surface area contributed by atoms with Crippen LogP contribution in [-0.4, -0.2) is 27.3 Å². The zero-order chi connectivity index (χ0) is 20.2. The van der Waals surface area contributed by atoms with Crippen LogP contribution in [0.2, 0.25) is 0 Å². The molecule has 1 aromatic heterocycles. The molecule has 2 aromatic rings. The first kappa shape index (κ1) is 18.5. The number of rotatable bonds is 5. The molecule has 154 valence electrons. The Kier molecular flexibility index (Phi) is 4.15. The summed E-state index contributed by atoms with van der Waals surface area (Å²) in [5.74, 6) is 0.852. The van der Waals surface area contributed by atoms with Gasteiger partial charge in [-0.1, -0.05) is 6.07 Å². The second kappa shape index (κ2) is 6.50. The van der Waals surface area contributed by atoms with Gasteiger partial charge in [-0.2, -0.15) is 13.9 Å². The van der Waals surface area contributed by atoms with Gasteiger partial charge < -0.3 is 10.1 Å². The lowest BCUT2D eigenvalue weighted by Gasteiger charge is -2.60. The molecule has 4 saturated carbocycles. The summed E-state index contributed by atoms with van der Waals surface area (Å²) in [7, 11) is 0. The summed E-state index contributed by atoms with van der Waals surface area (Å²) >= 11 is 0. The smallest absolute Gasteiger partial charge is 0.387 e. The molecule has 6 nitrogen and oxygen atoms in total. The average Bonchev–Trinajstić information content (AvgIpc) is 3.18. The predicted molar refractivity (Wildman–Crippen MR) is 102 cm³/mol. The van der Waals surface area contributed by atoms with E-state index < -0.39 is 12.0 Å². The number of hydrogen-bond donors (Lipinski definition) is 1. The zero-order valence-corrected chi connectivity index (χ0v) is 16.3. The molecule has 4 aliphatic rings. The molecule has 0 spiro atoms. The van der Waals surface area contributed by atoms with Crippen molar-refractivity contribution in [1.82, 2.24) is 14.8 Å². The number of amides is 1. The molecule has 0 saturated heterocycles. The minimum atomic E-state index is -2.94. The Bertz CT molecular complexity index is 917. The normalized spacial score (nSPS) is 32.6. The molecule has 2 unspecified atom stereocenters. The van der Waals surface area contributed by atoms with Crippen LogP contribution in [0.5, 0.6) is 5.75 Å². The quantitative estimate of drug-likeness (QED) is 0.817. The van der Waals surface area contributed by atoms with Gasteiger partial charge >= 0.3 is 6.61 Å². The number of carbonyl (C=O) groups is 1. The standard InChI is InChI=1S/C21H24F2N4O2/c1-13-2-3-16(17(4-13)29-19(22)23)26-18(28)20-6-14-5-15(7-20)9-21(8-14,10-20)27-12-24-11-25-27/h2-4,11-12,14-15,19H,5-10H2,1H3,(H,26,28). The lowest BCUT2D eigenvalue weighted by atomic mass is 9.46. The van der Waals surface area contributed by atoms with Gasteiger partial charge in [-0.3, -0.25) is 4.79 Å². The fourth-order valence-corrected chi connectivity index (χ4v) is 6.38. The molecule has 1 amide bonds. The summed E-state index contributed by atoms with van der Waals surface area (Å²) in [5.41, 5.74) is 0.404. The summed E-state index contributed by atoms with van der Waals surface area (Å²) in [6.07, 6.45) is 8.87. The fourth-order valence-electron chi connectivity index (χ4n) is 6.38. The fraction of sp³-hybridized carbons (Fsp3) is 0.571. The maximum atomic E-state index is 13.5. The van der Waals surface area contributed by atoms with E-state index in [1.54, 1.807) is 31.7 Å². The second-order valence-corrected chi connectivity index (χ2v) is 9.14. The van der Waals surface area contributed by atoms with Crippen LogP contribution in [0.15, 0.2) is 30.9 Å². The number of halogens is 2. The maximum Gasteiger partial charge on any atom is 0.387 e. The van der Waals surface area contributed by atoms with Gasteiger partial charge in [-0.15, -0.1) is 0 Å². The van der Waals surface area contributed by atoms with Crippen LogP contribution in [-0.2, 0) is 10.3 Å². The Hall–Kier alpha value is -2.51. The first-order valence-corrected chi connectivity index (χ1v) is 10.1. The van der Waals surface area contributed by atoms with E-state index in [1.165, 1.54) is 6.07 Å².